The predicted octanol–water partition coefficient (Wildman–Crippen LogP) is 0.724. The second kappa shape index (κ2) is 4.02. The van der Waals surface area contributed by atoms with E-state index in [1.807, 2.05) is 4.57 Å². The highest BCUT2D eigenvalue weighted by atomic mass is 16.5. The van der Waals surface area contributed by atoms with Crippen molar-refractivity contribution in [3.05, 3.63) is 17.7 Å². The molecule has 82 valence electrons. The molecule has 5 nitrogen and oxygen atoms in total. The van der Waals surface area contributed by atoms with Crippen LogP contribution in [0.5, 0.6) is 0 Å². The minimum Gasteiger partial charge on any atom is -0.461 e. The molecule has 5 heteroatoms. The van der Waals surface area contributed by atoms with Crippen LogP contribution < -0.4 is 5.32 Å². The van der Waals surface area contributed by atoms with Crippen LogP contribution in [0.15, 0.2) is 6.20 Å². The molecule has 1 aliphatic rings. The normalized spacial score (nSPS) is 19.7. The fourth-order valence-corrected chi connectivity index (χ4v) is 1.86. The summed E-state index contributed by atoms with van der Waals surface area (Å²) >= 11 is 0. The Morgan fingerprint density at radius 2 is 2.60 bits per heavy atom. The lowest BCUT2D eigenvalue weighted by Gasteiger charge is -2.24. The van der Waals surface area contributed by atoms with Crippen LogP contribution in [0, 0.1) is 0 Å². The molecular weight excluding hydrogens is 194 g/mol. The predicted molar refractivity (Wildman–Crippen MR) is 54.6 cm³/mol. The summed E-state index contributed by atoms with van der Waals surface area (Å²) in [5.74, 6) is 0.613. The minimum atomic E-state index is -0.287. The smallest absolute Gasteiger partial charge is 0.356 e. The number of hydrogen-bond acceptors (Lipinski definition) is 4. The molecule has 0 saturated heterocycles. The SMILES string of the molecule is CCOC(=O)c1cnc2n1C(C)CNC2. The molecule has 0 bridgehead atoms. The van der Waals surface area contributed by atoms with E-state index in [1.165, 1.54) is 0 Å². The van der Waals surface area contributed by atoms with E-state index in [4.69, 9.17) is 4.74 Å². The number of hydrogen-bond donors (Lipinski definition) is 1. The fraction of sp³-hybridized carbons (Fsp3) is 0.600. The lowest BCUT2D eigenvalue weighted by Crippen LogP contribution is -2.33. The molecular formula is C10H15N3O2. The average molecular weight is 209 g/mol. The van der Waals surface area contributed by atoms with Crippen LogP contribution in [0.4, 0.5) is 0 Å². The number of ether oxygens (including phenoxy) is 1. The summed E-state index contributed by atoms with van der Waals surface area (Å²) in [5.41, 5.74) is 0.556. The first-order valence-electron chi connectivity index (χ1n) is 5.18. The van der Waals surface area contributed by atoms with Crippen molar-refractivity contribution < 1.29 is 9.53 Å². The van der Waals surface area contributed by atoms with E-state index in [1.54, 1.807) is 13.1 Å². The third-order valence-corrected chi connectivity index (χ3v) is 2.52. The highest BCUT2D eigenvalue weighted by molar-refractivity contribution is 5.87. The first-order valence-corrected chi connectivity index (χ1v) is 5.18. The molecule has 2 rings (SSSR count). The standard InChI is InChI=1S/C10H15N3O2/c1-3-15-10(14)8-5-12-9-6-11-4-7(2)13(8)9/h5,7,11H,3-4,6H2,1-2H3. The summed E-state index contributed by atoms with van der Waals surface area (Å²) in [4.78, 5) is 15.8. The van der Waals surface area contributed by atoms with Gasteiger partial charge in [0.1, 0.15) is 11.5 Å². The van der Waals surface area contributed by atoms with Gasteiger partial charge in [-0.15, -0.1) is 0 Å². The van der Waals surface area contributed by atoms with Gasteiger partial charge < -0.3 is 14.6 Å². The molecule has 1 aliphatic heterocycles. The second-order valence-corrected chi connectivity index (χ2v) is 3.63. The Morgan fingerprint density at radius 3 is 3.33 bits per heavy atom. The zero-order chi connectivity index (χ0) is 10.8. The quantitative estimate of drug-likeness (QED) is 0.729. The van der Waals surface area contributed by atoms with E-state index in [0.29, 0.717) is 18.8 Å². The monoisotopic (exact) mass is 209 g/mol. The Hall–Kier alpha value is -1.36. The molecule has 1 aromatic heterocycles. The number of nitrogens with one attached hydrogen (secondary N) is 1. The van der Waals surface area contributed by atoms with E-state index in [2.05, 4.69) is 17.2 Å². The molecule has 0 saturated carbocycles. The van der Waals surface area contributed by atoms with Gasteiger partial charge in [0, 0.05) is 12.6 Å². The largest absolute Gasteiger partial charge is 0.461 e. The van der Waals surface area contributed by atoms with Crippen LogP contribution in [-0.2, 0) is 11.3 Å². The highest BCUT2D eigenvalue weighted by Crippen LogP contribution is 2.18. The Kier molecular flexibility index (Phi) is 2.73. The summed E-state index contributed by atoms with van der Waals surface area (Å²) in [5, 5.41) is 3.24. The highest BCUT2D eigenvalue weighted by Gasteiger charge is 2.23. The molecule has 2 heterocycles. The average Bonchev–Trinajstić information content (AvgIpc) is 2.63. The van der Waals surface area contributed by atoms with Gasteiger partial charge in [-0.25, -0.2) is 9.78 Å². The maximum atomic E-state index is 11.6. The lowest BCUT2D eigenvalue weighted by molar-refractivity contribution is 0.0510. The van der Waals surface area contributed by atoms with Gasteiger partial charge in [-0.2, -0.15) is 0 Å². The van der Waals surface area contributed by atoms with Crippen molar-refractivity contribution in [2.45, 2.75) is 26.4 Å². The van der Waals surface area contributed by atoms with Crippen molar-refractivity contribution in [3.8, 4) is 0 Å². The number of rotatable bonds is 2. The van der Waals surface area contributed by atoms with E-state index in [-0.39, 0.29) is 12.0 Å². The molecule has 1 atom stereocenters. The topological polar surface area (TPSA) is 56.1 Å². The summed E-state index contributed by atoms with van der Waals surface area (Å²) in [6.45, 7) is 5.82. The zero-order valence-corrected chi connectivity index (χ0v) is 8.99. The second-order valence-electron chi connectivity index (χ2n) is 3.63. The molecule has 0 radical (unpaired) electrons. The third-order valence-electron chi connectivity index (χ3n) is 2.52. The molecule has 1 unspecified atom stereocenters. The van der Waals surface area contributed by atoms with E-state index >= 15 is 0 Å². The van der Waals surface area contributed by atoms with Gasteiger partial charge in [-0.05, 0) is 13.8 Å². The van der Waals surface area contributed by atoms with Crippen molar-refractivity contribution in [1.82, 2.24) is 14.9 Å². The van der Waals surface area contributed by atoms with Crippen LogP contribution in [-0.4, -0.2) is 28.7 Å². The Labute approximate surface area is 88.4 Å². The van der Waals surface area contributed by atoms with Crippen LogP contribution in [0.2, 0.25) is 0 Å². The maximum absolute atomic E-state index is 11.6. The van der Waals surface area contributed by atoms with E-state index < -0.39 is 0 Å². The number of imidazole rings is 1. The Morgan fingerprint density at radius 1 is 1.80 bits per heavy atom. The molecule has 1 N–H and O–H groups in total. The van der Waals surface area contributed by atoms with Crippen LogP contribution in [0.1, 0.15) is 36.2 Å². The zero-order valence-electron chi connectivity index (χ0n) is 8.99. The van der Waals surface area contributed by atoms with Gasteiger partial charge in [0.15, 0.2) is 0 Å². The molecule has 15 heavy (non-hydrogen) atoms. The van der Waals surface area contributed by atoms with Gasteiger partial charge in [-0.3, -0.25) is 0 Å². The first-order chi connectivity index (χ1) is 7.24. The van der Waals surface area contributed by atoms with Gasteiger partial charge >= 0.3 is 5.97 Å². The van der Waals surface area contributed by atoms with Gasteiger partial charge in [-0.1, -0.05) is 0 Å². The molecule has 0 amide bonds. The van der Waals surface area contributed by atoms with Gasteiger partial charge in [0.25, 0.3) is 0 Å². The van der Waals surface area contributed by atoms with Crippen molar-refractivity contribution in [1.29, 1.82) is 0 Å². The van der Waals surface area contributed by atoms with Crippen LogP contribution in [0.25, 0.3) is 0 Å². The third kappa shape index (κ3) is 1.74. The minimum absolute atomic E-state index is 0.246. The van der Waals surface area contributed by atoms with Crippen LogP contribution in [0.3, 0.4) is 0 Å². The number of carbonyl (C=O) groups is 1. The number of nitrogens with zero attached hydrogens (tertiary/aromatic N) is 2. The van der Waals surface area contributed by atoms with Crippen molar-refractivity contribution in [3.63, 3.8) is 0 Å². The number of esters is 1. The number of fused-ring (bicyclic) bond motifs is 1. The summed E-state index contributed by atoms with van der Waals surface area (Å²) in [6.07, 6.45) is 1.59. The Balaban J connectivity index is 2.33. The fourth-order valence-electron chi connectivity index (χ4n) is 1.86. The molecule has 0 aliphatic carbocycles. The number of aromatic nitrogens is 2. The summed E-state index contributed by atoms with van der Waals surface area (Å²) < 4.78 is 6.93. The summed E-state index contributed by atoms with van der Waals surface area (Å²) in [7, 11) is 0. The van der Waals surface area contributed by atoms with E-state index in [9.17, 15) is 4.79 Å². The summed E-state index contributed by atoms with van der Waals surface area (Å²) in [6, 6.07) is 0.246. The van der Waals surface area contributed by atoms with Gasteiger partial charge in [0.05, 0.1) is 19.3 Å². The van der Waals surface area contributed by atoms with Crippen molar-refractivity contribution in [2.75, 3.05) is 13.2 Å². The van der Waals surface area contributed by atoms with Gasteiger partial charge in [0.2, 0.25) is 0 Å². The molecule has 0 aromatic carbocycles. The van der Waals surface area contributed by atoms with Crippen LogP contribution >= 0.6 is 0 Å². The Bertz CT molecular complexity index is 373. The molecule has 0 fully saturated rings. The molecule has 1 aromatic rings. The lowest BCUT2D eigenvalue weighted by atomic mass is 10.2. The first kappa shape index (κ1) is 10.2. The number of carbonyl (C=O) groups excluding carboxylic acids is 1. The van der Waals surface area contributed by atoms with Crippen molar-refractivity contribution in [2.24, 2.45) is 0 Å². The van der Waals surface area contributed by atoms with E-state index in [0.717, 1.165) is 12.4 Å². The van der Waals surface area contributed by atoms with Crippen molar-refractivity contribution >= 4 is 5.97 Å². The molecule has 0 spiro atoms. The maximum Gasteiger partial charge on any atom is 0.356 e.